The number of quaternary nitrogens is 1. The summed E-state index contributed by atoms with van der Waals surface area (Å²) in [5.41, 5.74) is 0. The molecular weight excluding hydrogens is 282 g/mol. The van der Waals surface area contributed by atoms with Gasteiger partial charge in [0.25, 0.3) is 0 Å². The lowest BCUT2D eigenvalue weighted by molar-refractivity contribution is -0.906. The van der Waals surface area contributed by atoms with E-state index in [1.807, 2.05) is 13.8 Å². The van der Waals surface area contributed by atoms with Gasteiger partial charge in [0.15, 0.2) is 0 Å². The molecule has 0 spiro atoms. The highest BCUT2D eigenvalue weighted by molar-refractivity contribution is 4.49. The van der Waals surface area contributed by atoms with Crippen molar-refractivity contribution < 1.29 is 9.59 Å². The van der Waals surface area contributed by atoms with Crippen LogP contribution in [0, 0.1) is 0 Å². The Morgan fingerprint density at radius 2 is 0.870 bits per heavy atom. The van der Waals surface area contributed by atoms with Crippen LogP contribution >= 0.6 is 0 Å². The topological polar surface area (TPSA) is 20.2 Å². The molecule has 142 valence electrons. The van der Waals surface area contributed by atoms with E-state index in [2.05, 4.69) is 20.9 Å². The Morgan fingerprint density at radius 1 is 0.565 bits per heavy atom. The van der Waals surface area contributed by atoms with E-state index in [-0.39, 0.29) is 0 Å². The Hall–Kier alpha value is -0.0800. The van der Waals surface area contributed by atoms with Gasteiger partial charge >= 0.3 is 0 Å². The van der Waals surface area contributed by atoms with E-state index in [9.17, 15) is 0 Å². The molecule has 0 heterocycles. The first kappa shape index (κ1) is 25.2. The maximum absolute atomic E-state index is 8.70. The highest BCUT2D eigenvalue weighted by Crippen LogP contribution is 2.13. The molecule has 0 bridgehead atoms. The van der Waals surface area contributed by atoms with Crippen LogP contribution in [-0.2, 0) is 0 Å². The monoisotopic (exact) mass is 330 g/mol. The van der Waals surface area contributed by atoms with Gasteiger partial charge in [-0.1, -0.05) is 71.6 Å². The quantitative estimate of drug-likeness (QED) is 0.265. The zero-order chi connectivity index (χ0) is 17.8. The Bertz CT molecular complexity index is 202. The highest BCUT2D eigenvalue weighted by atomic mass is 16.2. The SMILES string of the molecule is CC.CC[N+](C)(CC)CCCCCCCCCCCCCCO. The first-order valence-corrected chi connectivity index (χ1v) is 10.6. The molecule has 0 amide bonds. The van der Waals surface area contributed by atoms with E-state index in [1.54, 1.807) is 0 Å². The standard InChI is InChI=1S/C19H42NO.C2H6/c1-4-20(3,5-2)18-16-14-12-10-8-6-7-9-11-13-15-17-19-21;1-2/h21H,4-19H2,1-3H3;1-2H3/q+1;. The molecule has 0 radical (unpaired) electrons. The Morgan fingerprint density at radius 3 is 1.17 bits per heavy atom. The van der Waals surface area contributed by atoms with Crippen molar-refractivity contribution in [2.24, 2.45) is 0 Å². The normalized spacial score (nSPS) is 11.2. The van der Waals surface area contributed by atoms with E-state index in [0.717, 1.165) is 6.42 Å². The molecule has 0 atom stereocenters. The van der Waals surface area contributed by atoms with Crippen LogP contribution in [0.3, 0.4) is 0 Å². The molecule has 0 aromatic rings. The largest absolute Gasteiger partial charge is 0.396 e. The van der Waals surface area contributed by atoms with E-state index in [0.29, 0.717) is 6.61 Å². The van der Waals surface area contributed by atoms with E-state index in [1.165, 1.54) is 94.7 Å². The molecular formula is C21H48NO+. The lowest BCUT2D eigenvalue weighted by atomic mass is 10.0. The van der Waals surface area contributed by atoms with Crippen molar-refractivity contribution in [2.75, 3.05) is 33.3 Å². The number of rotatable bonds is 16. The number of hydrogen-bond donors (Lipinski definition) is 1. The number of hydrogen-bond acceptors (Lipinski definition) is 1. The summed E-state index contributed by atoms with van der Waals surface area (Å²) in [6, 6.07) is 0. The van der Waals surface area contributed by atoms with Gasteiger partial charge in [-0.05, 0) is 33.1 Å². The Labute approximate surface area is 148 Å². The molecule has 0 saturated carbocycles. The molecule has 0 saturated heterocycles. The third kappa shape index (κ3) is 18.1. The van der Waals surface area contributed by atoms with Crippen molar-refractivity contribution in [2.45, 2.75) is 105 Å². The number of aliphatic hydroxyl groups excluding tert-OH is 1. The molecule has 2 heteroatoms. The second kappa shape index (κ2) is 20.0. The summed E-state index contributed by atoms with van der Waals surface area (Å²) in [5, 5.41) is 8.70. The van der Waals surface area contributed by atoms with Crippen LogP contribution in [-0.4, -0.2) is 42.9 Å². The summed E-state index contributed by atoms with van der Waals surface area (Å²) in [6.07, 6.45) is 16.3. The zero-order valence-electron chi connectivity index (χ0n) is 17.2. The van der Waals surface area contributed by atoms with E-state index in [4.69, 9.17) is 5.11 Å². The smallest absolute Gasteiger partial charge is 0.0784 e. The van der Waals surface area contributed by atoms with E-state index < -0.39 is 0 Å². The van der Waals surface area contributed by atoms with Crippen molar-refractivity contribution in [1.29, 1.82) is 0 Å². The highest BCUT2D eigenvalue weighted by Gasteiger charge is 2.14. The molecule has 0 fully saturated rings. The molecule has 0 aromatic carbocycles. The van der Waals surface area contributed by atoms with Gasteiger partial charge in [-0.3, -0.25) is 0 Å². The van der Waals surface area contributed by atoms with Crippen molar-refractivity contribution in [1.82, 2.24) is 0 Å². The minimum Gasteiger partial charge on any atom is -0.396 e. The molecule has 1 N–H and O–H groups in total. The maximum Gasteiger partial charge on any atom is 0.0784 e. The van der Waals surface area contributed by atoms with Crippen molar-refractivity contribution in [3.05, 3.63) is 0 Å². The van der Waals surface area contributed by atoms with Crippen LogP contribution in [0.5, 0.6) is 0 Å². The van der Waals surface area contributed by atoms with Crippen molar-refractivity contribution in [3.8, 4) is 0 Å². The van der Waals surface area contributed by atoms with Gasteiger partial charge in [0, 0.05) is 6.61 Å². The Kier molecular flexibility index (Phi) is 21.8. The summed E-state index contributed by atoms with van der Waals surface area (Å²) in [6.45, 7) is 12.9. The molecule has 2 nitrogen and oxygen atoms in total. The summed E-state index contributed by atoms with van der Waals surface area (Å²) in [4.78, 5) is 0. The number of aliphatic hydroxyl groups is 1. The molecule has 0 aliphatic heterocycles. The summed E-state index contributed by atoms with van der Waals surface area (Å²) >= 11 is 0. The van der Waals surface area contributed by atoms with Gasteiger partial charge in [-0.15, -0.1) is 0 Å². The first-order valence-electron chi connectivity index (χ1n) is 10.6. The van der Waals surface area contributed by atoms with Crippen LogP contribution in [0.4, 0.5) is 0 Å². The fourth-order valence-corrected chi connectivity index (χ4v) is 2.91. The molecule has 0 unspecified atom stereocenters. The van der Waals surface area contributed by atoms with Crippen molar-refractivity contribution >= 4 is 0 Å². The van der Waals surface area contributed by atoms with E-state index >= 15 is 0 Å². The van der Waals surface area contributed by atoms with Crippen molar-refractivity contribution in [3.63, 3.8) is 0 Å². The van der Waals surface area contributed by atoms with Crippen LogP contribution < -0.4 is 0 Å². The third-order valence-electron chi connectivity index (χ3n) is 5.13. The lowest BCUT2D eigenvalue weighted by Gasteiger charge is -2.32. The van der Waals surface area contributed by atoms with Crippen LogP contribution in [0.15, 0.2) is 0 Å². The fraction of sp³-hybridized carbons (Fsp3) is 1.00. The summed E-state index contributed by atoms with van der Waals surface area (Å²) in [7, 11) is 2.39. The number of nitrogens with zero attached hydrogens (tertiary/aromatic N) is 1. The lowest BCUT2D eigenvalue weighted by Crippen LogP contribution is -2.44. The average Bonchev–Trinajstić information content (AvgIpc) is 2.60. The maximum atomic E-state index is 8.70. The van der Waals surface area contributed by atoms with Gasteiger partial charge in [0.05, 0.1) is 26.7 Å². The number of unbranched alkanes of at least 4 members (excludes halogenated alkanes) is 11. The molecule has 0 rings (SSSR count). The first-order chi connectivity index (χ1) is 11.2. The van der Waals surface area contributed by atoms with Crippen LogP contribution in [0.25, 0.3) is 0 Å². The van der Waals surface area contributed by atoms with Crippen LogP contribution in [0.2, 0.25) is 0 Å². The molecule has 23 heavy (non-hydrogen) atoms. The molecule has 0 aliphatic carbocycles. The van der Waals surface area contributed by atoms with Gasteiger partial charge < -0.3 is 9.59 Å². The fourth-order valence-electron chi connectivity index (χ4n) is 2.91. The molecule has 0 aliphatic rings. The molecule has 0 aromatic heterocycles. The van der Waals surface area contributed by atoms with Crippen LogP contribution in [0.1, 0.15) is 105 Å². The minimum absolute atomic E-state index is 0.370. The Balaban J connectivity index is 0. The van der Waals surface area contributed by atoms with Gasteiger partial charge in [-0.2, -0.15) is 0 Å². The zero-order valence-corrected chi connectivity index (χ0v) is 17.2. The second-order valence-electron chi connectivity index (χ2n) is 6.94. The predicted octanol–water partition coefficient (Wildman–Crippen LogP) is 6.17. The third-order valence-corrected chi connectivity index (χ3v) is 5.13. The van der Waals surface area contributed by atoms with Gasteiger partial charge in [0.1, 0.15) is 0 Å². The second-order valence-corrected chi connectivity index (χ2v) is 6.94. The average molecular weight is 331 g/mol. The minimum atomic E-state index is 0.370. The summed E-state index contributed by atoms with van der Waals surface area (Å²) in [5.74, 6) is 0. The summed E-state index contributed by atoms with van der Waals surface area (Å²) < 4.78 is 1.25. The van der Waals surface area contributed by atoms with Gasteiger partial charge in [0.2, 0.25) is 0 Å². The predicted molar refractivity (Wildman–Crippen MR) is 106 cm³/mol. The van der Waals surface area contributed by atoms with Gasteiger partial charge in [-0.25, -0.2) is 0 Å².